The van der Waals surface area contributed by atoms with Crippen LogP contribution in [0.5, 0.6) is 0 Å². The molecule has 0 atom stereocenters. The summed E-state index contributed by atoms with van der Waals surface area (Å²) in [5.41, 5.74) is 8.17. The fourth-order valence-corrected chi connectivity index (χ4v) is 3.73. The van der Waals surface area contributed by atoms with E-state index in [9.17, 15) is 0 Å². The summed E-state index contributed by atoms with van der Waals surface area (Å²) in [7, 11) is 0. The van der Waals surface area contributed by atoms with E-state index >= 15 is 0 Å². The molecule has 0 spiro atoms. The van der Waals surface area contributed by atoms with E-state index in [-0.39, 0.29) is 54.6 Å². The fraction of sp³-hybridized carbons (Fsp3) is 0. The Hall–Kier alpha value is -7.20. The third-order valence-corrected chi connectivity index (χ3v) is 5.80. The summed E-state index contributed by atoms with van der Waals surface area (Å²) in [6.45, 7) is 0. The van der Waals surface area contributed by atoms with Gasteiger partial charge in [-0.3, -0.25) is 9.97 Å². The molecular weight excluding hydrogens is 961 g/mol. The first-order chi connectivity index (χ1) is 26.8. The molecular formula is C36H24Cd2N8O12. The molecule has 0 radical (unpaired) electrons. The Labute approximate surface area is 368 Å². The van der Waals surface area contributed by atoms with E-state index in [0.29, 0.717) is 0 Å². The van der Waals surface area contributed by atoms with E-state index in [2.05, 4.69) is 67.9 Å². The van der Waals surface area contributed by atoms with Crippen LogP contribution in [0.4, 0.5) is 0 Å². The molecule has 58 heavy (non-hydrogen) atoms. The molecule has 22 heteroatoms. The van der Waals surface area contributed by atoms with Gasteiger partial charge in [0, 0.05) is 48.3 Å². The minimum Gasteiger partial charge on any atom is -0.356 e. The molecule has 0 aliphatic carbocycles. The molecule has 0 aliphatic heterocycles. The molecule has 0 N–H and O–H groups in total. The Kier molecular flexibility index (Phi) is 29.3. The van der Waals surface area contributed by atoms with E-state index in [1.165, 1.54) is 0 Å². The second kappa shape index (κ2) is 32.1. The van der Waals surface area contributed by atoms with Crippen LogP contribution in [-0.4, -0.2) is 40.3 Å². The molecule has 0 unspecified atom stereocenters. The van der Waals surface area contributed by atoms with Crippen molar-refractivity contribution in [2.24, 2.45) is 0 Å². The van der Waals surface area contributed by atoms with Gasteiger partial charge in [0.1, 0.15) is 11.4 Å². The maximum Gasteiger partial charge on any atom is 2.00 e. The molecule has 0 fully saturated rings. The van der Waals surface area contributed by atoms with Crippen molar-refractivity contribution in [3.05, 3.63) is 230 Å². The predicted molar refractivity (Wildman–Crippen MR) is 201 cm³/mol. The largest absolute Gasteiger partial charge is 2.00 e. The molecule has 6 rings (SSSR count). The van der Waals surface area contributed by atoms with Gasteiger partial charge >= 0.3 is 54.6 Å². The molecule has 4 aromatic heterocycles. The van der Waals surface area contributed by atoms with Crippen molar-refractivity contribution in [2.45, 2.75) is 0 Å². The van der Waals surface area contributed by atoms with Crippen molar-refractivity contribution in [2.75, 3.05) is 0 Å². The fourth-order valence-electron chi connectivity index (χ4n) is 3.73. The van der Waals surface area contributed by atoms with E-state index in [1.807, 2.05) is 84.9 Å². The van der Waals surface area contributed by atoms with Gasteiger partial charge < -0.3 is 61.3 Å². The monoisotopic (exact) mass is 988 g/mol. The molecule has 0 saturated carbocycles. The Morgan fingerprint density at radius 2 is 0.603 bits per heavy atom. The van der Waals surface area contributed by atoms with Gasteiger partial charge in [-0.1, -0.05) is 48.2 Å². The van der Waals surface area contributed by atoms with Crippen LogP contribution in [0, 0.1) is 85.0 Å². The average molecular weight is 985 g/mol. The van der Waals surface area contributed by atoms with Gasteiger partial charge in [0.25, 0.3) is 0 Å². The van der Waals surface area contributed by atoms with Gasteiger partial charge in [-0.2, -0.15) is 0 Å². The van der Waals surface area contributed by atoms with Crippen molar-refractivity contribution >= 4 is 0 Å². The zero-order chi connectivity index (χ0) is 41.6. The molecule has 0 bridgehead atoms. The first kappa shape index (κ1) is 52.9. The minimum absolute atomic E-state index is 0. The number of pyridine rings is 4. The van der Waals surface area contributed by atoms with E-state index in [1.54, 1.807) is 37.2 Å². The first-order valence-electron chi connectivity index (χ1n) is 14.9. The second-order valence-electron chi connectivity index (χ2n) is 9.45. The van der Waals surface area contributed by atoms with Crippen LogP contribution in [0.15, 0.2) is 146 Å². The van der Waals surface area contributed by atoms with Gasteiger partial charge in [-0.05, 0) is 107 Å². The molecule has 2 aromatic carbocycles. The van der Waals surface area contributed by atoms with Crippen LogP contribution >= 0.6 is 0 Å². The Morgan fingerprint density at radius 1 is 0.345 bits per heavy atom. The van der Waals surface area contributed by atoms with Crippen molar-refractivity contribution in [3.8, 4) is 45.9 Å². The van der Waals surface area contributed by atoms with Crippen molar-refractivity contribution < 1.29 is 74.9 Å². The maximum atomic E-state index is 8.25. The molecule has 0 amide bonds. The number of benzene rings is 2. The minimum atomic E-state index is -1.75. The van der Waals surface area contributed by atoms with Gasteiger partial charge in [0.15, 0.2) is 0 Å². The standard InChI is InChI=1S/2C18H12N2.2Cd.4NO3/c2*1-2-12-20-18(3-1)9-6-15-4-7-16(8-5-15)17-10-13-19-14-11-17;;;4*2-1(3)4/h2*1-5,7-8,10-14H;;;;;;/q;;2*+2;4*-1. The maximum absolute atomic E-state index is 8.25. The summed E-state index contributed by atoms with van der Waals surface area (Å²) in [4.78, 5) is 49.4. The van der Waals surface area contributed by atoms with E-state index < -0.39 is 20.3 Å². The summed E-state index contributed by atoms with van der Waals surface area (Å²) in [5, 5.41) is 59.0. The van der Waals surface area contributed by atoms with Crippen LogP contribution in [0.2, 0.25) is 0 Å². The zero-order valence-electron chi connectivity index (χ0n) is 29.7. The van der Waals surface area contributed by atoms with Crippen molar-refractivity contribution in [3.63, 3.8) is 0 Å². The van der Waals surface area contributed by atoms with Gasteiger partial charge in [-0.15, -0.1) is 0 Å². The molecule has 0 saturated heterocycles. The molecule has 0 aliphatic rings. The number of nitrogens with zero attached hydrogens (tertiary/aromatic N) is 8. The van der Waals surface area contributed by atoms with Crippen molar-refractivity contribution in [1.82, 2.24) is 19.9 Å². The van der Waals surface area contributed by atoms with Gasteiger partial charge in [0.2, 0.25) is 0 Å². The summed E-state index contributed by atoms with van der Waals surface area (Å²) >= 11 is 0. The first-order valence-corrected chi connectivity index (χ1v) is 14.9. The number of rotatable bonds is 2. The summed E-state index contributed by atoms with van der Waals surface area (Å²) in [6.07, 6.45) is 10.7. The zero-order valence-corrected chi connectivity index (χ0v) is 37.8. The Balaban J connectivity index is 0. The summed E-state index contributed by atoms with van der Waals surface area (Å²) in [6, 6.07) is 35.8. The van der Waals surface area contributed by atoms with E-state index in [0.717, 1.165) is 44.8 Å². The number of hydrogen-bond donors (Lipinski definition) is 0. The Morgan fingerprint density at radius 3 is 0.845 bits per heavy atom. The molecule has 4 heterocycles. The van der Waals surface area contributed by atoms with Crippen molar-refractivity contribution in [1.29, 1.82) is 0 Å². The SMILES string of the molecule is C(#Cc1ccccn1)c1ccc(-c2ccncc2)cc1.C(#Cc1ccccn1)c1ccc(-c2ccncc2)cc1.O=[N+]([O-])[O-].O=[N+]([O-])[O-].O=[N+]([O-])[O-].O=[N+]([O-])[O-].[Cd+2].[Cd+2]. The smallest absolute Gasteiger partial charge is 0.356 e. The Bertz CT molecular complexity index is 2010. The summed E-state index contributed by atoms with van der Waals surface area (Å²) in [5.74, 6) is 12.3. The predicted octanol–water partition coefficient (Wildman–Crippen LogP) is 6.13. The average Bonchev–Trinajstić information content (AvgIpc) is 3.18. The van der Waals surface area contributed by atoms with Crippen LogP contribution in [0.3, 0.4) is 0 Å². The van der Waals surface area contributed by atoms with Crippen LogP contribution in [0.25, 0.3) is 22.3 Å². The summed E-state index contributed by atoms with van der Waals surface area (Å²) < 4.78 is 0. The quantitative estimate of drug-likeness (QED) is 0.0815. The second-order valence-corrected chi connectivity index (χ2v) is 9.45. The molecule has 284 valence electrons. The third-order valence-electron chi connectivity index (χ3n) is 5.80. The molecule has 6 aromatic rings. The topological polar surface area (TPSA) is 316 Å². The normalized spacial score (nSPS) is 8.28. The number of aromatic nitrogens is 4. The van der Waals surface area contributed by atoms with Crippen LogP contribution in [-0.2, 0) is 54.6 Å². The van der Waals surface area contributed by atoms with Gasteiger partial charge in [0.05, 0.1) is 20.3 Å². The van der Waals surface area contributed by atoms with Gasteiger partial charge in [-0.25, -0.2) is 9.97 Å². The van der Waals surface area contributed by atoms with Crippen LogP contribution < -0.4 is 0 Å². The van der Waals surface area contributed by atoms with E-state index in [4.69, 9.17) is 61.3 Å². The third kappa shape index (κ3) is 28.3. The molecule has 20 nitrogen and oxygen atoms in total. The van der Waals surface area contributed by atoms with Crippen LogP contribution in [0.1, 0.15) is 22.5 Å². The number of hydrogen-bond acceptors (Lipinski definition) is 16.